The van der Waals surface area contributed by atoms with Gasteiger partial charge in [-0.25, -0.2) is 0 Å². The largest absolute Gasteiger partial charge is 0.431 e. The standard InChI is InChI=1S/C16H21F3N2O/c1-11-6-8-12(9-7-11)21(5)20-13(16(17,18)19)10-14(22)15(2,3)4/h6-9H,10H2,1-5H3/b20-13+. The Balaban J connectivity index is 3.06. The first-order valence-electron chi connectivity index (χ1n) is 6.89. The van der Waals surface area contributed by atoms with E-state index < -0.39 is 29.5 Å². The van der Waals surface area contributed by atoms with E-state index in [9.17, 15) is 18.0 Å². The first-order valence-corrected chi connectivity index (χ1v) is 6.89. The normalized spacial score (nSPS) is 13.2. The van der Waals surface area contributed by atoms with E-state index in [1.165, 1.54) is 7.05 Å². The number of carbonyl (C=O) groups excluding carboxylic acids is 1. The lowest BCUT2D eigenvalue weighted by atomic mass is 9.88. The number of Topliss-reactive ketones (excluding diaryl/α,β-unsaturated/α-hetero) is 1. The molecule has 0 bridgehead atoms. The molecule has 0 atom stereocenters. The predicted molar refractivity (Wildman–Crippen MR) is 82.2 cm³/mol. The second-order valence-corrected chi connectivity index (χ2v) is 6.25. The first kappa shape index (κ1) is 18.2. The van der Waals surface area contributed by atoms with Gasteiger partial charge in [0.25, 0.3) is 0 Å². The fourth-order valence-corrected chi connectivity index (χ4v) is 1.61. The highest BCUT2D eigenvalue weighted by Gasteiger charge is 2.39. The van der Waals surface area contributed by atoms with Gasteiger partial charge in [-0.2, -0.15) is 18.3 Å². The topological polar surface area (TPSA) is 32.7 Å². The van der Waals surface area contributed by atoms with Crippen LogP contribution in [-0.2, 0) is 4.79 Å². The van der Waals surface area contributed by atoms with E-state index in [4.69, 9.17) is 0 Å². The van der Waals surface area contributed by atoms with Gasteiger partial charge in [0.05, 0.1) is 12.1 Å². The molecule has 22 heavy (non-hydrogen) atoms. The van der Waals surface area contributed by atoms with Gasteiger partial charge < -0.3 is 0 Å². The van der Waals surface area contributed by atoms with Gasteiger partial charge in [-0.15, -0.1) is 0 Å². The van der Waals surface area contributed by atoms with Crippen LogP contribution < -0.4 is 5.01 Å². The molecule has 0 saturated carbocycles. The van der Waals surface area contributed by atoms with Crippen molar-refractivity contribution in [3.05, 3.63) is 29.8 Å². The SMILES string of the molecule is Cc1ccc(N(C)/N=C(\CC(=O)C(C)(C)C)C(F)(F)F)cc1. The third kappa shape index (κ3) is 5.16. The molecule has 0 radical (unpaired) electrons. The summed E-state index contributed by atoms with van der Waals surface area (Å²) in [7, 11) is 1.43. The summed E-state index contributed by atoms with van der Waals surface area (Å²) in [5, 5.41) is 4.74. The summed E-state index contributed by atoms with van der Waals surface area (Å²) in [4.78, 5) is 11.9. The lowest BCUT2D eigenvalue weighted by Gasteiger charge is -2.21. The van der Waals surface area contributed by atoms with Crippen LogP contribution >= 0.6 is 0 Å². The molecule has 0 aliphatic heterocycles. The minimum absolute atomic E-state index is 0.499. The third-order valence-electron chi connectivity index (χ3n) is 3.17. The van der Waals surface area contributed by atoms with Crippen molar-refractivity contribution >= 4 is 17.2 Å². The lowest BCUT2D eigenvalue weighted by Crippen LogP contribution is -2.32. The summed E-state index contributed by atoms with van der Waals surface area (Å²) in [5.74, 6) is -0.499. The summed E-state index contributed by atoms with van der Waals surface area (Å²) >= 11 is 0. The van der Waals surface area contributed by atoms with E-state index >= 15 is 0 Å². The zero-order valence-corrected chi connectivity index (χ0v) is 13.5. The van der Waals surface area contributed by atoms with Gasteiger partial charge >= 0.3 is 6.18 Å². The third-order valence-corrected chi connectivity index (χ3v) is 3.17. The van der Waals surface area contributed by atoms with Crippen molar-refractivity contribution in [2.75, 3.05) is 12.1 Å². The Labute approximate surface area is 128 Å². The molecular weight excluding hydrogens is 293 g/mol. The number of halogens is 3. The lowest BCUT2D eigenvalue weighted by molar-refractivity contribution is -0.126. The fourth-order valence-electron chi connectivity index (χ4n) is 1.61. The van der Waals surface area contributed by atoms with Crippen molar-refractivity contribution in [2.24, 2.45) is 10.5 Å². The molecule has 0 aliphatic rings. The van der Waals surface area contributed by atoms with Crippen molar-refractivity contribution in [1.29, 1.82) is 0 Å². The molecule has 122 valence electrons. The van der Waals surface area contributed by atoms with Crippen LogP contribution in [0, 0.1) is 12.3 Å². The number of nitrogens with zero attached hydrogens (tertiary/aromatic N) is 2. The van der Waals surface area contributed by atoms with Crippen molar-refractivity contribution in [3.8, 4) is 0 Å². The van der Waals surface area contributed by atoms with Crippen LogP contribution in [0.3, 0.4) is 0 Å². The highest BCUT2D eigenvalue weighted by atomic mass is 19.4. The summed E-state index contributed by atoms with van der Waals surface area (Å²) in [6.07, 6.45) is -5.37. The molecule has 0 fully saturated rings. The molecule has 0 heterocycles. The molecule has 1 aromatic rings. The van der Waals surface area contributed by atoms with E-state index in [-0.39, 0.29) is 0 Å². The maximum absolute atomic E-state index is 13.1. The Morgan fingerprint density at radius 2 is 1.64 bits per heavy atom. The summed E-state index contributed by atoms with van der Waals surface area (Å²) in [6.45, 7) is 6.66. The van der Waals surface area contributed by atoms with Crippen LogP contribution in [0.1, 0.15) is 32.8 Å². The van der Waals surface area contributed by atoms with Crippen LogP contribution in [0.15, 0.2) is 29.4 Å². The molecule has 0 aromatic heterocycles. The van der Waals surface area contributed by atoms with Crippen molar-refractivity contribution in [2.45, 2.75) is 40.3 Å². The number of ketones is 1. The highest BCUT2D eigenvalue weighted by Crippen LogP contribution is 2.25. The van der Waals surface area contributed by atoms with Gasteiger partial charge in [-0.3, -0.25) is 9.80 Å². The van der Waals surface area contributed by atoms with E-state index in [2.05, 4.69) is 5.10 Å². The number of carbonyl (C=O) groups is 1. The van der Waals surface area contributed by atoms with E-state index in [0.717, 1.165) is 10.6 Å². The van der Waals surface area contributed by atoms with Crippen molar-refractivity contribution in [1.82, 2.24) is 0 Å². The van der Waals surface area contributed by atoms with Crippen LogP contribution in [0.2, 0.25) is 0 Å². The number of hydrogen-bond acceptors (Lipinski definition) is 3. The second-order valence-electron chi connectivity index (χ2n) is 6.25. The number of rotatable bonds is 4. The number of hydrazone groups is 1. The number of benzene rings is 1. The first-order chi connectivity index (χ1) is 9.91. The quantitative estimate of drug-likeness (QED) is 0.611. The highest BCUT2D eigenvalue weighted by molar-refractivity contribution is 6.06. The molecular formula is C16H21F3N2O. The summed E-state index contributed by atoms with van der Waals surface area (Å²) in [5.41, 5.74) is -0.403. The minimum atomic E-state index is -4.64. The average molecular weight is 314 g/mol. The van der Waals surface area contributed by atoms with Crippen molar-refractivity contribution < 1.29 is 18.0 Å². The molecule has 1 aromatic carbocycles. The second kappa shape index (κ2) is 6.50. The molecule has 0 aliphatic carbocycles. The van der Waals surface area contributed by atoms with Gasteiger partial charge in [-0.1, -0.05) is 38.5 Å². The number of hydrogen-bond donors (Lipinski definition) is 0. The Hall–Kier alpha value is -1.85. The molecule has 0 amide bonds. The molecule has 0 N–H and O–H groups in total. The van der Waals surface area contributed by atoms with E-state index in [1.54, 1.807) is 45.0 Å². The molecule has 0 saturated heterocycles. The minimum Gasteiger partial charge on any atom is -0.299 e. The van der Waals surface area contributed by atoms with Gasteiger partial charge in [0.1, 0.15) is 11.5 Å². The van der Waals surface area contributed by atoms with E-state index in [1.807, 2.05) is 6.92 Å². The molecule has 1 rings (SSSR count). The van der Waals surface area contributed by atoms with Crippen LogP contribution in [0.25, 0.3) is 0 Å². The number of anilines is 1. The Morgan fingerprint density at radius 3 is 2.05 bits per heavy atom. The Kier molecular flexibility index (Phi) is 5.38. The van der Waals surface area contributed by atoms with E-state index in [0.29, 0.717) is 5.69 Å². The summed E-state index contributed by atoms with van der Waals surface area (Å²) in [6, 6.07) is 6.93. The molecule has 0 unspecified atom stereocenters. The van der Waals surface area contributed by atoms with Gasteiger partial charge in [0.15, 0.2) is 0 Å². The van der Waals surface area contributed by atoms with Crippen LogP contribution in [-0.4, -0.2) is 24.7 Å². The number of aryl methyl sites for hydroxylation is 1. The zero-order chi connectivity index (χ0) is 17.1. The molecule has 0 spiro atoms. The van der Waals surface area contributed by atoms with Gasteiger partial charge in [0.2, 0.25) is 0 Å². The average Bonchev–Trinajstić information content (AvgIpc) is 2.36. The molecule has 6 heteroatoms. The number of alkyl halides is 3. The zero-order valence-electron chi connectivity index (χ0n) is 13.5. The Morgan fingerprint density at radius 1 is 1.14 bits per heavy atom. The fraction of sp³-hybridized carbons (Fsp3) is 0.500. The van der Waals surface area contributed by atoms with Crippen LogP contribution in [0.5, 0.6) is 0 Å². The predicted octanol–water partition coefficient (Wildman–Crippen LogP) is 4.35. The van der Waals surface area contributed by atoms with Gasteiger partial charge in [0, 0.05) is 12.5 Å². The monoisotopic (exact) mass is 314 g/mol. The molecule has 3 nitrogen and oxygen atoms in total. The Bertz CT molecular complexity index is 554. The van der Waals surface area contributed by atoms with Gasteiger partial charge in [-0.05, 0) is 19.1 Å². The maximum atomic E-state index is 13.1. The smallest absolute Gasteiger partial charge is 0.299 e. The van der Waals surface area contributed by atoms with Crippen molar-refractivity contribution in [3.63, 3.8) is 0 Å². The maximum Gasteiger partial charge on any atom is 0.431 e. The summed E-state index contributed by atoms with van der Waals surface area (Å²) < 4.78 is 39.3. The van der Waals surface area contributed by atoms with Crippen LogP contribution in [0.4, 0.5) is 18.9 Å².